The van der Waals surface area contributed by atoms with E-state index in [1.54, 1.807) is 43.6 Å². The van der Waals surface area contributed by atoms with Gasteiger partial charge < -0.3 is 25.1 Å². The summed E-state index contributed by atoms with van der Waals surface area (Å²) in [6.07, 6.45) is 1.79. The van der Waals surface area contributed by atoms with Crippen LogP contribution in [-0.4, -0.2) is 42.1 Å². The number of hydrogen-bond acceptors (Lipinski definition) is 4. The number of rotatable bonds is 7. The van der Waals surface area contributed by atoms with Crippen molar-refractivity contribution in [1.82, 2.24) is 15.6 Å². The van der Waals surface area contributed by atoms with Gasteiger partial charge in [0.05, 0.1) is 11.1 Å². The number of aliphatic hydroxyl groups is 1. The predicted octanol–water partition coefficient (Wildman–Crippen LogP) is 5.50. The van der Waals surface area contributed by atoms with Gasteiger partial charge in [-0.3, -0.25) is 9.59 Å². The maximum atomic E-state index is 13.6. The molecule has 7 nitrogen and oxygen atoms in total. The van der Waals surface area contributed by atoms with E-state index in [0.717, 1.165) is 22.0 Å². The number of carbonyl (C=O) groups is 2. The molecule has 0 aliphatic rings. The average Bonchev–Trinajstić information content (AvgIpc) is 3.56. The van der Waals surface area contributed by atoms with Crippen molar-refractivity contribution in [2.24, 2.45) is 5.41 Å². The largest absolute Gasteiger partial charge is 0.454 e. The molecule has 5 rings (SSSR count). The molecule has 2 heterocycles. The van der Waals surface area contributed by atoms with Gasteiger partial charge in [-0.2, -0.15) is 0 Å². The van der Waals surface area contributed by atoms with Gasteiger partial charge in [-0.1, -0.05) is 26.0 Å². The first-order valence-electron chi connectivity index (χ1n) is 12.3. The fourth-order valence-electron chi connectivity index (χ4n) is 4.47. The zero-order chi connectivity index (χ0) is 27.0. The first-order valence-corrected chi connectivity index (χ1v) is 12.3. The number of carbonyl (C=O) groups excluding carboxylic acids is 2. The van der Waals surface area contributed by atoms with E-state index in [4.69, 9.17) is 4.42 Å². The van der Waals surface area contributed by atoms with Gasteiger partial charge in [0.15, 0.2) is 0 Å². The Morgan fingerprint density at radius 3 is 2.47 bits per heavy atom. The van der Waals surface area contributed by atoms with Gasteiger partial charge in [-0.15, -0.1) is 0 Å². The molecule has 38 heavy (non-hydrogen) atoms. The molecular formula is C30H28FN3O4. The number of aliphatic hydroxyl groups excluding tert-OH is 1. The first-order chi connectivity index (χ1) is 18.2. The number of benzene rings is 3. The van der Waals surface area contributed by atoms with Crippen LogP contribution in [-0.2, 0) is 0 Å². The van der Waals surface area contributed by atoms with Crippen LogP contribution < -0.4 is 10.6 Å². The van der Waals surface area contributed by atoms with Crippen molar-refractivity contribution in [3.8, 4) is 22.5 Å². The molecule has 0 aliphatic carbocycles. The molecule has 0 saturated heterocycles. The van der Waals surface area contributed by atoms with Crippen molar-refractivity contribution in [2.45, 2.75) is 13.8 Å². The van der Waals surface area contributed by atoms with Crippen molar-refractivity contribution in [2.75, 3.05) is 20.2 Å². The number of nitrogens with one attached hydrogen (secondary N) is 3. The summed E-state index contributed by atoms with van der Waals surface area (Å²) < 4.78 is 19.9. The summed E-state index contributed by atoms with van der Waals surface area (Å²) in [6, 6.07) is 16.8. The molecule has 194 valence electrons. The van der Waals surface area contributed by atoms with E-state index >= 15 is 0 Å². The quantitative estimate of drug-likeness (QED) is 0.231. The Labute approximate surface area is 218 Å². The SMILES string of the molecule is CNC(=O)c1c(-c2ccc(F)cc2)oc2c1cc(-c1cccc(C(=O)NCC(C)(C)CO)c1)c1[nH]ccc12. The van der Waals surface area contributed by atoms with Gasteiger partial charge in [-0.05, 0) is 54.1 Å². The minimum absolute atomic E-state index is 0.0452. The number of H-pyrrole nitrogens is 1. The predicted molar refractivity (Wildman–Crippen MR) is 145 cm³/mol. The van der Waals surface area contributed by atoms with E-state index in [-0.39, 0.29) is 24.2 Å². The highest BCUT2D eigenvalue weighted by Crippen LogP contribution is 2.41. The minimum atomic E-state index is -0.436. The normalized spacial score (nSPS) is 11.7. The van der Waals surface area contributed by atoms with Crippen LogP contribution in [0.5, 0.6) is 0 Å². The van der Waals surface area contributed by atoms with Crippen LogP contribution in [0.2, 0.25) is 0 Å². The van der Waals surface area contributed by atoms with Crippen LogP contribution >= 0.6 is 0 Å². The standard InChI is InChI=1S/C30H28FN3O4/c1-30(2,16-35)15-34-28(36)19-6-4-5-18(13-19)22-14-23-24(29(37)32-3)26(17-7-9-20(31)10-8-17)38-27(23)21-11-12-33-25(21)22/h4-14,33,35H,15-16H2,1-3H3,(H,32,37)(H,34,36). The summed E-state index contributed by atoms with van der Waals surface area (Å²) in [4.78, 5) is 29.2. The monoisotopic (exact) mass is 513 g/mol. The Bertz CT molecular complexity index is 1660. The highest BCUT2D eigenvalue weighted by molar-refractivity contribution is 6.19. The van der Waals surface area contributed by atoms with Gasteiger partial charge in [0.25, 0.3) is 11.8 Å². The highest BCUT2D eigenvalue weighted by Gasteiger charge is 2.25. The van der Waals surface area contributed by atoms with Gasteiger partial charge in [-0.25, -0.2) is 4.39 Å². The van der Waals surface area contributed by atoms with Gasteiger partial charge in [0, 0.05) is 59.3 Å². The van der Waals surface area contributed by atoms with E-state index in [1.165, 1.54) is 12.1 Å². The van der Waals surface area contributed by atoms with Crippen LogP contribution in [0.25, 0.3) is 44.3 Å². The Morgan fingerprint density at radius 1 is 1.00 bits per heavy atom. The second kappa shape index (κ2) is 9.79. The lowest BCUT2D eigenvalue weighted by atomic mass is 9.94. The molecular weight excluding hydrogens is 485 g/mol. The summed E-state index contributed by atoms with van der Waals surface area (Å²) in [5, 5.41) is 16.4. The zero-order valence-electron chi connectivity index (χ0n) is 21.3. The van der Waals surface area contributed by atoms with Crippen LogP contribution in [0.1, 0.15) is 34.6 Å². The first kappa shape index (κ1) is 25.2. The molecule has 2 aromatic heterocycles. The molecule has 0 unspecified atom stereocenters. The Balaban J connectivity index is 1.66. The summed E-state index contributed by atoms with van der Waals surface area (Å²) in [7, 11) is 1.55. The maximum absolute atomic E-state index is 13.6. The van der Waals surface area contributed by atoms with Gasteiger partial charge >= 0.3 is 0 Å². The summed E-state index contributed by atoms with van der Waals surface area (Å²) in [5.41, 5.74) is 3.85. The second-order valence-corrected chi connectivity index (χ2v) is 10.0. The zero-order valence-corrected chi connectivity index (χ0v) is 21.3. The number of amides is 2. The molecule has 0 bridgehead atoms. The van der Waals surface area contributed by atoms with Crippen molar-refractivity contribution in [3.63, 3.8) is 0 Å². The number of aromatic amines is 1. The lowest BCUT2D eigenvalue weighted by molar-refractivity contribution is 0.0910. The number of hydrogen-bond donors (Lipinski definition) is 4. The molecule has 5 aromatic rings. The fraction of sp³-hybridized carbons (Fsp3) is 0.200. The highest BCUT2D eigenvalue weighted by atomic mass is 19.1. The minimum Gasteiger partial charge on any atom is -0.454 e. The fourth-order valence-corrected chi connectivity index (χ4v) is 4.47. The van der Waals surface area contributed by atoms with E-state index in [1.807, 2.05) is 32.0 Å². The molecule has 0 aliphatic heterocycles. The maximum Gasteiger partial charge on any atom is 0.255 e. The van der Waals surface area contributed by atoms with Crippen LogP contribution in [0.4, 0.5) is 4.39 Å². The van der Waals surface area contributed by atoms with Crippen LogP contribution in [0.3, 0.4) is 0 Å². The van der Waals surface area contributed by atoms with Crippen molar-refractivity contribution in [3.05, 3.63) is 83.8 Å². The Morgan fingerprint density at radius 2 is 1.76 bits per heavy atom. The van der Waals surface area contributed by atoms with Gasteiger partial charge in [0.1, 0.15) is 17.2 Å². The topological polar surface area (TPSA) is 107 Å². The van der Waals surface area contributed by atoms with E-state index in [0.29, 0.717) is 40.0 Å². The lowest BCUT2D eigenvalue weighted by Gasteiger charge is -2.21. The Kier molecular flexibility index (Phi) is 6.50. The summed E-state index contributed by atoms with van der Waals surface area (Å²) >= 11 is 0. The molecule has 8 heteroatoms. The smallest absolute Gasteiger partial charge is 0.255 e. The summed E-state index contributed by atoms with van der Waals surface area (Å²) in [6.45, 7) is 4.03. The number of halogens is 1. The third kappa shape index (κ3) is 4.54. The molecule has 0 radical (unpaired) electrons. The van der Waals surface area contributed by atoms with Gasteiger partial charge in [0.2, 0.25) is 0 Å². The molecule has 2 amide bonds. The van der Waals surface area contributed by atoms with Crippen LogP contribution in [0, 0.1) is 11.2 Å². The average molecular weight is 514 g/mol. The third-order valence-electron chi connectivity index (χ3n) is 6.65. The lowest BCUT2D eigenvalue weighted by Crippen LogP contribution is -2.36. The van der Waals surface area contributed by atoms with E-state index in [2.05, 4.69) is 15.6 Å². The molecule has 0 spiro atoms. The van der Waals surface area contributed by atoms with Crippen molar-refractivity contribution in [1.29, 1.82) is 0 Å². The summed E-state index contributed by atoms with van der Waals surface area (Å²) in [5.74, 6) is -0.613. The van der Waals surface area contributed by atoms with Crippen LogP contribution in [0.15, 0.2) is 71.3 Å². The van der Waals surface area contributed by atoms with E-state index in [9.17, 15) is 19.1 Å². The molecule has 0 atom stereocenters. The molecule has 0 fully saturated rings. The number of fused-ring (bicyclic) bond motifs is 3. The second-order valence-electron chi connectivity index (χ2n) is 10.0. The van der Waals surface area contributed by atoms with E-state index < -0.39 is 5.41 Å². The molecule has 0 saturated carbocycles. The Hall–Kier alpha value is -4.43. The number of furan rings is 1. The van der Waals surface area contributed by atoms with Crippen molar-refractivity contribution >= 4 is 33.7 Å². The number of aromatic nitrogens is 1. The molecule has 3 aromatic carbocycles. The third-order valence-corrected chi connectivity index (χ3v) is 6.65. The van der Waals surface area contributed by atoms with Crippen molar-refractivity contribution < 1.29 is 23.5 Å². The molecule has 4 N–H and O–H groups in total.